The van der Waals surface area contributed by atoms with Gasteiger partial charge in [-0.1, -0.05) is 6.07 Å². The maximum absolute atomic E-state index is 11.0. The molecule has 0 saturated heterocycles. The lowest BCUT2D eigenvalue weighted by molar-refractivity contribution is 0.384. The second-order valence-electron chi connectivity index (χ2n) is 3.30. The fraction of sp³-hybridized carbons (Fsp3) is 0.222. The monoisotopic (exact) mass is 244 g/mol. The molecule has 1 aromatic rings. The third-order valence-corrected chi connectivity index (χ3v) is 2.95. The quantitative estimate of drug-likeness (QED) is 0.513. The molecule has 1 radical (unpaired) electrons. The maximum Gasteiger partial charge on any atom is 0.359 e. The second-order valence-corrected chi connectivity index (χ2v) is 4.87. The zero-order valence-corrected chi connectivity index (χ0v) is 9.09. The van der Waals surface area contributed by atoms with Gasteiger partial charge < -0.3 is 20.6 Å². The molecule has 0 aliphatic carbocycles. The largest absolute Gasteiger partial charge is 0.507 e. The third kappa shape index (κ3) is 3.15. The highest BCUT2D eigenvalue weighted by Crippen LogP contribution is 2.37. The molecule has 0 aromatic heterocycles. The predicted molar refractivity (Wildman–Crippen MR) is 57.2 cm³/mol. The summed E-state index contributed by atoms with van der Waals surface area (Å²) in [4.78, 5) is 28.1. The van der Waals surface area contributed by atoms with Gasteiger partial charge in [0.2, 0.25) is 6.29 Å². The van der Waals surface area contributed by atoms with Gasteiger partial charge in [0, 0.05) is 0 Å². The number of benzene rings is 1. The molecule has 0 bridgehead atoms. The van der Waals surface area contributed by atoms with Crippen LogP contribution in [0.15, 0.2) is 18.2 Å². The van der Waals surface area contributed by atoms with E-state index in [1.165, 1.54) is 6.07 Å². The van der Waals surface area contributed by atoms with Crippen LogP contribution in [0.3, 0.4) is 0 Å². The van der Waals surface area contributed by atoms with E-state index in [2.05, 4.69) is 0 Å². The highest BCUT2D eigenvalue weighted by Gasteiger charge is 2.22. The molecule has 6 nitrogen and oxygen atoms in total. The minimum absolute atomic E-state index is 0.108. The molecule has 0 aliphatic heterocycles. The van der Waals surface area contributed by atoms with Crippen LogP contribution in [0, 0.1) is 0 Å². The molecule has 1 rings (SSSR count). The molecule has 0 saturated carbocycles. The van der Waals surface area contributed by atoms with Gasteiger partial charge >= 0.3 is 7.60 Å². The van der Waals surface area contributed by atoms with Gasteiger partial charge in [-0.2, -0.15) is 0 Å². The topological polar surface area (TPSA) is 121 Å². The zero-order valence-electron chi connectivity index (χ0n) is 8.20. The van der Waals surface area contributed by atoms with E-state index < -0.39 is 24.7 Å². The first-order valence-electron chi connectivity index (χ1n) is 4.36. The molecule has 0 spiro atoms. The molecular weight excluding hydrogens is 233 g/mol. The number of carbonyl (C=O) groups excluding carboxylic acids is 1. The van der Waals surface area contributed by atoms with Crippen molar-refractivity contribution in [1.82, 2.24) is 0 Å². The first-order chi connectivity index (χ1) is 7.34. The summed E-state index contributed by atoms with van der Waals surface area (Å²) in [5, 5.41) is 8.79. The van der Waals surface area contributed by atoms with Gasteiger partial charge in [-0.05, 0) is 24.1 Å². The first-order valence-corrected chi connectivity index (χ1v) is 5.97. The Morgan fingerprint density at radius 2 is 2.06 bits per heavy atom. The maximum atomic E-state index is 11.0. The van der Waals surface area contributed by atoms with Crippen molar-refractivity contribution in [3.05, 3.63) is 23.8 Å². The van der Waals surface area contributed by atoms with Crippen LogP contribution >= 0.6 is 7.60 Å². The SMILES string of the molecule is N[C@H]([C]=O)Cc1ccc(O)c(P(=O)(O)O)c1. The normalized spacial score (nSPS) is 13.4. The molecule has 0 fully saturated rings. The van der Waals surface area contributed by atoms with E-state index in [1.54, 1.807) is 6.29 Å². The molecule has 0 amide bonds. The van der Waals surface area contributed by atoms with Crippen LogP contribution in [0.5, 0.6) is 5.75 Å². The van der Waals surface area contributed by atoms with Crippen LogP contribution in [0.25, 0.3) is 0 Å². The van der Waals surface area contributed by atoms with Gasteiger partial charge in [-0.25, -0.2) is 0 Å². The average molecular weight is 244 g/mol. The van der Waals surface area contributed by atoms with Gasteiger partial charge in [0.1, 0.15) is 11.1 Å². The van der Waals surface area contributed by atoms with E-state index >= 15 is 0 Å². The fourth-order valence-electron chi connectivity index (χ4n) is 1.22. The molecule has 7 heteroatoms. The van der Waals surface area contributed by atoms with Gasteiger partial charge in [0.15, 0.2) is 0 Å². The van der Waals surface area contributed by atoms with Crippen LogP contribution in [0.1, 0.15) is 5.56 Å². The average Bonchev–Trinajstić information content (AvgIpc) is 2.19. The van der Waals surface area contributed by atoms with Crippen molar-refractivity contribution < 1.29 is 24.3 Å². The predicted octanol–water partition coefficient (Wildman–Crippen LogP) is -0.825. The summed E-state index contributed by atoms with van der Waals surface area (Å²) in [5.41, 5.74) is 5.77. The Kier molecular flexibility index (Phi) is 3.83. The van der Waals surface area contributed by atoms with Crippen molar-refractivity contribution >= 4 is 19.2 Å². The highest BCUT2D eigenvalue weighted by atomic mass is 31.2. The smallest absolute Gasteiger partial charge is 0.359 e. The lowest BCUT2D eigenvalue weighted by Crippen LogP contribution is -2.24. The van der Waals surface area contributed by atoms with Crippen LogP contribution in [-0.4, -0.2) is 27.2 Å². The Morgan fingerprint density at radius 1 is 1.44 bits per heavy atom. The minimum Gasteiger partial charge on any atom is -0.507 e. The summed E-state index contributed by atoms with van der Waals surface area (Å²) in [5.74, 6) is -0.485. The zero-order chi connectivity index (χ0) is 12.3. The van der Waals surface area contributed by atoms with Crippen LogP contribution in [0.4, 0.5) is 0 Å². The number of phenols is 1. The van der Waals surface area contributed by atoms with Gasteiger partial charge in [-0.3, -0.25) is 9.36 Å². The van der Waals surface area contributed by atoms with Crippen molar-refractivity contribution in [3.8, 4) is 5.75 Å². The van der Waals surface area contributed by atoms with Gasteiger partial charge in [0.05, 0.1) is 6.04 Å². The Hall–Kier alpha value is -1.20. The second kappa shape index (κ2) is 4.76. The molecule has 1 aromatic carbocycles. The minimum atomic E-state index is -4.52. The van der Waals surface area contributed by atoms with Gasteiger partial charge in [-0.15, -0.1) is 0 Å². The van der Waals surface area contributed by atoms with Crippen LogP contribution in [-0.2, 0) is 15.8 Å². The van der Waals surface area contributed by atoms with Crippen molar-refractivity contribution in [2.24, 2.45) is 5.73 Å². The highest BCUT2D eigenvalue weighted by molar-refractivity contribution is 7.60. The van der Waals surface area contributed by atoms with Crippen LogP contribution < -0.4 is 11.0 Å². The number of hydrogen-bond acceptors (Lipinski definition) is 4. The molecule has 5 N–H and O–H groups in total. The summed E-state index contributed by atoms with van der Waals surface area (Å²) >= 11 is 0. The molecule has 0 unspecified atom stereocenters. The van der Waals surface area contributed by atoms with Crippen molar-refractivity contribution in [3.63, 3.8) is 0 Å². The number of hydrogen-bond donors (Lipinski definition) is 4. The Bertz CT molecular complexity index is 442. The van der Waals surface area contributed by atoms with Crippen molar-refractivity contribution in [1.29, 1.82) is 0 Å². The molecular formula is C9H11NO5P. The number of aromatic hydroxyl groups is 1. The number of phenolic OH excluding ortho intramolecular Hbond substituents is 1. The molecule has 16 heavy (non-hydrogen) atoms. The van der Waals surface area contributed by atoms with Gasteiger partial charge in [0.25, 0.3) is 0 Å². The van der Waals surface area contributed by atoms with E-state index in [1.807, 2.05) is 0 Å². The lowest BCUT2D eigenvalue weighted by Gasteiger charge is -2.09. The first kappa shape index (κ1) is 12.9. The summed E-state index contributed by atoms with van der Waals surface area (Å²) in [7, 11) is -4.52. The Balaban J connectivity index is 3.08. The third-order valence-electron chi connectivity index (χ3n) is 1.96. The summed E-state index contributed by atoms with van der Waals surface area (Å²) in [6, 6.07) is 2.87. The number of rotatable bonds is 4. The summed E-state index contributed by atoms with van der Waals surface area (Å²) in [6.07, 6.45) is 1.67. The van der Waals surface area contributed by atoms with E-state index in [4.69, 9.17) is 15.5 Å². The molecule has 0 aliphatic rings. The Morgan fingerprint density at radius 3 is 2.56 bits per heavy atom. The lowest BCUT2D eigenvalue weighted by atomic mass is 10.1. The Labute approximate surface area is 91.9 Å². The van der Waals surface area contributed by atoms with E-state index in [9.17, 15) is 14.5 Å². The molecule has 87 valence electrons. The molecule has 1 atom stereocenters. The standard InChI is InChI=1S/C9H11NO5P/c10-7(5-11)3-6-1-2-8(12)9(4-6)16(13,14)15/h1-2,4,7,12H,3,10H2,(H2,13,14,15)/t7-/m0/s1. The van der Waals surface area contributed by atoms with Crippen molar-refractivity contribution in [2.45, 2.75) is 12.5 Å². The fourth-order valence-corrected chi connectivity index (χ4v) is 1.93. The van der Waals surface area contributed by atoms with E-state index in [-0.39, 0.29) is 6.42 Å². The summed E-state index contributed by atoms with van der Waals surface area (Å²) < 4.78 is 11.0. The van der Waals surface area contributed by atoms with Crippen LogP contribution in [0.2, 0.25) is 0 Å². The number of nitrogens with two attached hydrogens (primary N) is 1. The molecule has 0 heterocycles. The summed E-state index contributed by atoms with van der Waals surface area (Å²) in [6.45, 7) is 0. The van der Waals surface area contributed by atoms with E-state index in [0.29, 0.717) is 5.56 Å². The van der Waals surface area contributed by atoms with E-state index in [0.717, 1.165) is 12.1 Å². The van der Waals surface area contributed by atoms with Crippen molar-refractivity contribution in [2.75, 3.05) is 0 Å².